The van der Waals surface area contributed by atoms with E-state index < -0.39 is 0 Å². The average Bonchev–Trinajstić information content (AvgIpc) is 3.57. The molecule has 1 aliphatic heterocycles. The maximum atomic E-state index is 5.90. The van der Waals surface area contributed by atoms with Gasteiger partial charge < -0.3 is 19.7 Å². The van der Waals surface area contributed by atoms with E-state index in [0.29, 0.717) is 10.9 Å². The number of thiazole rings is 1. The van der Waals surface area contributed by atoms with Crippen LogP contribution in [0.15, 0.2) is 60.2 Å². The third kappa shape index (κ3) is 3.70. The van der Waals surface area contributed by atoms with E-state index in [-0.39, 0.29) is 12.1 Å². The van der Waals surface area contributed by atoms with Crippen molar-refractivity contribution in [1.29, 1.82) is 0 Å². The lowest BCUT2D eigenvalue weighted by Gasteiger charge is -2.29. The summed E-state index contributed by atoms with van der Waals surface area (Å²) in [5.41, 5.74) is 5.11. The SMILES string of the molecule is COc1ccc(OC)c(N2C(=S)N[C@@H](c3ccccn3)[C@@H]2c2cc(C)n(-c3nccs3)c2C)c1. The van der Waals surface area contributed by atoms with Crippen molar-refractivity contribution in [2.75, 3.05) is 19.1 Å². The number of hydrogen-bond donors (Lipinski definition) is 1. The van der Waals surface area contributed by atoms with E-state index in [1.807, 2.05) is 54.2 Å². The molecule has 34 heavy (non-hydrogen) atoms. The molecule has 0 radical (unpaired) electrons. The van der Waals surface area contributed by atoms with Crippen molar-refractivity contribution in [2.24, 2.45) is 0 Å². The third-order valence-electron chi connectivity index (χ3n) is 6.14. The summed E-state index contributed by atoms with van der Waals surface area (Å²) >= 11 is 7.51. The van der Waals surface area contributed by atoms with Gasteiger partial charge in [0.15, 0.2) is 10.2 Å². The molecule has 1 N–H and O–H groups in total. The Hall–Kier alpha value is -3.43. The van der Waals surface area contributed by atoms with Crippen LogP contribution in [0.25, 0.3) is 5.13 Å². The average molecular weight is 492 g/mol. The minimum atomic E-state index is -0.164. The summed E-state index contributed by atoms with van der Waals surface area (Å²) in [6, 6.07) is 13.6. The Bertz CT molecular complexity index is 1320. The maximum absolute atomic E-state index is 5.90. The maximum Gasteiger partial charge on any atom is 0.193 e. The highest BCUT2D eigenvalue weighted by Crippen LogP contribution is 2.47. The smallest absolute Gasteiger partial charge is 0.193 e. The van der Waals surface area contributed by atoms with Crippen LogP contribution < -0.4 is 19.7 Å². The van der Waals surface area contributed by atoms with Crippen LogP contribution in [0.3, 0.4) is 0 Å². The van der Waals surface area contributed by atoms with Gasteiger partial charge in [0.25, 0.3) is 0 Å². The Morgan fingerprint density at radius 3 is 2.56 bits per heavy atom. The van der Waals surface area contributed by atoms with Crippen LogP contribution in [-0.4, -0.2) is 33.9 Å². The molecule has 4 heterocycles. The number of rotatable bonds is 6. The Morgan fingerprint density at radius 1 is 1.03 bits per heavy atom. The molecule has 3 aromatic heterocycles. The summed E-state index contributed by atoms with van der Waals surface area (Å²) < 4.78 is 13.5. The Balaban J connectivity index is 1.72. The zero-order valence-electron chi connectivity index (χ0n) is 19.4. The number of ether oxygens (including phenoxy) is 2. The fourth-order valence-electron chi connectivity index (χ4n) is 4.62. The summed E-state index contributed by atoms with van der Waals surface area (Å²) in [6.07, 6.45) is 3.64. The highest BCUT2D eigenvalue weighted by molar-refractivity contribution is 7.80. The standard InChI is InChI=1S/C25H25N5O2S2/c1-15-13-18(16(2)29(15)25-27-11-12-34-25)23-22(19-7-5-6-10-26-19)28-24(33)30(23)20-14-17(31-3)8-9-21(20)32-4/h5-14,22-23H,1-4H3,(H,28,33)/t22-,23-/m0/s1. The first-order chi connectivity index (χ1) is 16.5. The number of benzene rings is 1. The van der Waals surface area contributed by atoms with E-state index in [2.05, 4.69) is 44.7 Å². The summed E-state index contributed by atoms with van der Waals surface area (Å²) in [4.78, 5) is 11.3. The normalized spacial score (nSPS) is 17.6. The molecule has 174 valence electrons. The number of nitrogens with one attached hydrogen (secondary N) is 1. The first-order valence-corrected chi connectivity index (χ1v) is 12.1. The molecule has 1 aromatic carbocycles. The van der Waals surface area contributed by atoms with Crippen molar-refractivity contribution in [2.45, 2.75) is 25.9 Å². The Kier molecular flexibility index (Phi) is 5.97. The summed E-state index contributed by atoms with van der Waals surface area (Å²) in [6.45, 7) is 4.23. The molecule has 1 fully saturated rings. The number of pyridine rings is 1. The lowest BCUT2D eigenvalue weighted by molar-refractivity contribution is 0.403. The molecule has 1 saturated heterocycles. The number of hydrogen-bond acceptors (Lipinski definition) is 6. The predicted molar refractivity (Wildman–Crippen MR) is 138 cm³/mol. The molecular weight excluding hydrogens is 466 g/mol. The van der Waals surface area contributed by atoms with Crippen molar-refractivity contribution < 1.29 is 9.47 Å². The minimum absolute atomic E-state index is 0.158. The van der Waals surface area contributed by atoms with Crippen LogP contribution in [0.4, 0.5) is 5.69 Å². The second-order valence-electron chi connectivity index (χ2n) is 8.01. The van der Waals surface area contributed by atoms with Crippen LogP contribution in [0, 0.1) is 13.8 Å². The summed E-state index contributed by atoms with van der Waals surface area (Å²) in [7, 11) is 3.32. The van der Waals surface area contributed by atoms with Gasteiger partial charge in [-0.2, -0.15) is 0 Å². The number of anilines is 1. The summed E-state index contributed by atoms with van der Waals surface area (Å²) in [5, 5.41) is 7.06. The quantitative estimate of drug-likeness (QED) is 0.375. The predicted octanol–water partition coefficient (Wildman–Crippen LogP) is 5.14. The van der Waals surface area contributed by atoms with Gasteiger partial charge in [-0.25, -0.2) is 4.98 Å². The zero-order chi connectivity index (χ0) is 23.8. The van der Waals surface area contributed by atoms with E-state index in [1.54, 1.807) is 25.6 Å². The second-order valence-corrected chi connectivity index (χ2v) is 9.27. The van der Waals surface area contributed by atoms with Crippen molar-refractivity contribution in [3.8, 4) is 16.6 Å². The monoisotopic (exact) mass is 491 g/mol. The lowest BCUT2D eigenvalue weighted by atomic mass is 9.96. The molecule has 0 bridgehead atoms. The largest absolute Gasteiger partial charge is 0.497 e. The van der Waals surface area contributed by atoms with E-state index in [1.165, 1.54) is 0 Å². The van der Waals surface area contributed by atoms with E-state index in [9.17, 15) is 0 Å². The first-order valence-electron chi connectivity index (χ1n) is 10.8. The van der Waals surface area contributed by atoms with Gasteiger partial charge in [-0.3, -0.25) is 9.55 Å². The minimum Gasteiger partial charge on any atom is -0.497 e. The Labute approximate surface area is 208 Å². The fraction of sp³-hybridized carbons (Fsp3) is 0.240. The van der Waals surface area contributed by atoms with E-state index in [0.717, 1.165) is 39.2 Å². The van der Waals surface area contributed by atoms with E-state index >= 15 is 0 Å². The number of nitrogens with zero attached hydrogens (tertiary/aromatic N) is 4. The molecule has 0 amide bonds. The van der Waals surface area contributed by atoms with Crippen LogP contribution >= 0.6 is 23.6 Å². The molecule has 7 nitrogen and oxygen atoms in total. The zero-order valence-corrected chi connectivity index (χ0v) is 21.0. The van der Waals surface area contributed by atoms with Gasteiger partial charge >= 0.3 is 0 Å². The molecule has 0 unspecified atom stereocenters. The third-order valence-corrected chi connectivity index (χ3v) is 7.21. The van der Waals surface area contributed by atoms with Crippen molar-refractivity contribution in [1.82, 2.24) is 19.9 Å². The molecule has 9 heteroatoms. The molecule has 0 saturated carbocycles. The molecule has 5 rings (SSSR count). The van der Waals surface area contributed by atoms with Gasteiger partial charge in [0, 0.05) is 35.2 Å². The Morgan fingerprint density at radius 2 is 1.88 bits per heavy atom. The van der Waals surface area contributed by atoms with Crippen molar-refractivity contribution >= 4 is 34.4 Å². The molecular formula is C25H25N5O2S2. The molecule has 4 aromatic rings. The molecule has 1 aliphatic rings. The van der Waals surface area contributed by atoms with Gasteiger partial charge in [0.1, 0.15) is 11.5 Å². The number of aryl methyl sites for hydroxylation is 1. The molecule has 0 spiro atoms. The van der Waals surface area contributed by atoms with Crippen LogP contribution in [0.1, 0.15) is 34.7 Å². The van der Waals surface area contributed by atoms with Gasteiger partial charge in [-0.1, -0.05) is 6.07 Å². The molecule has 0 aliphatic carbocycles. The van der Waals surface area contributed by atoms with Gasteiger partial charge in [0.2, 0.25) is 0 Å². The van der Waals surface area contributed by atoms with Gasteiger partial charge in [-0.15, -0.1) is 11.3 Å². The number of thiocarbonyl (C=S) groups is 1. The fourth-order valence-corrected chi connectivity index (χ4v) is 5.71. The first kappa shape index (κ1) is 22.4. The lowest BCUT2D eigenvalue weighted by Crippen LogP contribution is -2.30. The summed E-state index contributed by atoms with van der Waals surface area (Å²) in [5.74, 6) is 1.44. The van der Waals surface area contributed by atoms with Crippen molar-refractivity contribution in [3.63, 3.8) is 0 Å². The highest BCUT2D eigenvalue weighted by Gasteiger charge is 2.43. The van der Waals surface area contributed by atoms with Gasteiger partial charge in [-0.05, 0) is 62.0 Å². The molecule has 2 atom stereocenters. The highest BCUT2D eigenvalue weighted by atomic mass is 32.1. The van der Waals surface area contributed by atoms with Crippen LogP contribution in [0.5, 0.6) is 11.5 Å². The number of aromatic nitrogens is 3. The van der Waals surface area contributed by atoms with Crippen LogP contribution in [-0.2, 0) is 0 Å². The van der Waals surface area contributed by atoms with Gasteiger partial charge in [0.05, 0.1) is 37.7 Å². The van der Waals surface area contributed by atoms with Crippen molar-refractivity contribution in [3.05, 3.63) is 82.9 Å². The van der Waals surface area contributed by atoms with E-state index in [4.69, 9.17) is 21.7 Å². The topological polar surface area (TPSA) is 64.4 Å². The number of methoxy groups -OCH3 is 2. The second kappa shape index (κ2) is 9.08. The van der Waals surface area contributed by atoms with Crippen LogP contribution in [0.2, 0.25) is 0 Å².